The van der Waals surface area contributed by atoms with Crippen molar-refractivity contribution < 1.29 is 31.1 Å². The van der Waals surface area contributed by atoms with E-state index in [1.165, 1.54) is 4.90 Å². The number of anilines is 1. The van der Waals surface area contributed by atoms with Gasteiger partial charge in [-0.05, 0) is 30.3 Å². The molecule has 0 unspecified atom stereocenters. The fourth-order valence-electron chi connectivity index (χ4n) is 3.61. The Hall–Kier alpha value is -3.57. The van der Waals surface area contributed by atoms with Gasteiger partial charge in [0.05, 0.1) is 22.0 Å². The molecule has 1 amide bonds. The fourth-order valence-corrected chi connectivity index (χ4v) is 3.61. The molecule has 33 heavy (non-hydrogen) atoms. The van der Waals surface area contributed by atoms with Gasteiger partial charge in [-0.15, -0.1) is 0 Å². The second-order valence-corrected chi connectivity index (χ2v) is 7.48. The second-order valence-electron chi connectivity index (χ2n) is 7.48. The summed E-state index contributed by atoms with van der Waals surface area (Å²) in [5.41, 5.74) is -3.66. The number of nitrogens with one attached hydrogen (secondary N) is 1. The van der Waals surface area contributed by atoms with Crippen LogP contribution in [-0.4, -0.2) is 47.0 Å². The van der Waals surface area contributed by atoms with Crippen LogP contribution in [0.4, 0.5) is 32.3 Å². The van der Waals surface area contributed by atoms with Gasteiger partial charge in [0, 0.05) is 31.7 Å². The molecule has 6 nitrogen and oxygen atoms in total. The van der Waals surface area contributed by atoms with Crippen molar-refractivity contribution in [3.8, 4) is 0 Å². The van der Waals surface area contributed by atoms with Gasteiger partial charge in [0.1, 0.15) is 0 Å². The smallest absolute Gasteiger partial charge is 0.339 e. The standard InChI is InChI=1S/C21H16F6N4O2/c22-20(23,24)13-9-12(10-14(11-13)21(25,26)27)18(33)30-5-7-31(8-6-30)19-28-16-4-2-1-3-15(16)17(32)29-19/h1-4,9-11H,5-8H2,(H,28,29,32). The van der Waals surface area contributed by atoms with E-state index in [1.54, 1.807) is 29.2 Å². The minimum absolute atomic E-state index is 0.0174. The molecule has 0 radical (unpaired) electrons. The first-order chi connectivity index (χ1) is 15.4. The number of piperazine rings is 1. The summed E-state index contributed by atoms with van der Waals surface area (Å²) in [6.07, 6.45) is -10.1. The summed E-state index contributed by atoms with van der Waals surface area (Å²) < 4.78 is 78.5. The maximum absolute atomic E-state index is 13.1. The summed E-state index contributed by atoms with van der Waals surface area (Å²) in [6.45, 7) is 0.399. The highest BCUT2D eigenvalue weighted by Gasteiger charge is 2.38. The van der Waals surface area contributed by atoms with Crippen LogP contribution < -0.4 is 10.5 Å². The lowest BCUT2D eigenvalue weighted by atomic mass is 10.0. The minimum Gasteiger partial charge on any atom is -0.339 e. The van der Waals surface area contributed by atoms with Crippen molar-refractivity contribution in [3.63, 3.8) is 0 Å². The van der Waals surface area contributed by atoms with E-state index in [9.17, 15) is 35.9 Å². The Morgan fingerprint density at radius 3 is 2.03 bits per heavy atom. The van der Waals surface area contributed by atoms with E-state index in [4.69, 9.17) is 0 Å². The molecule has 2 aromatic carbocycles. The van der Waals surface area contributed by atoms with Crippen molar-refractivity contribution in [2.24, 2.45) is 0 Å². The summed E-state index contributed by atoms with van der Waals surface area (Å²) in [5, 5.41) is 0.403. The minimum atomic E-state index is -5.04. The van der Waals surface area contributed by atoms with Gasteiger partial charge in [-0.1, -0.05) is 12.1 Å². The quantitative estimate of drug-likeness (QED) is 0.577. The van der Waals surface area contributed by atoms with Gasteiger partial charge in [-0.2, -0.15) is 26.3 Å². The molecule has 0 atom stereocenters. The largest absolute Gasteiger partial charge is 0.416 e. The monoisotopic (exact) mass is 470 g/mol. The van der Waals surface area contributed by atoms with Crippen LogP contribution in [0.3, 0.4) is 0 Å². The maximum Gasteiger partial charge on any atom is 0.416 e. The molecule has 12 heteroatoms. The van der Waals surface area contributed by atoms with Gasteiger partial charge in [0.25, 0.3) is 11.5 Å². The lowest BCUT2D eigenvalue weighted by Crippen LogP contribution is -2.49. The van der Waals surface area contributed by atoms with E-state index in [0.717, 1.165) is 0 Å². The SMILES string of the molecule is O=C(c1cc(C(F)(F)F)cc(C(F)(F)F)c1)N1CCN(c2nc3ccccc3c(=O)[nH]2)CC1. The van der Waals surface area contributed by atoms with Crippen molar-refractivity contribution in [3.05, 3.63) is 69.5 Å². The Morgan fingerprint density at radius 2 is 1.45 bits per heavy atom. The number of nitrogens with zero attached hydrogens (tertiary/aromatic N) is 3. The number of hydrogen-bond acceptors (Lipinski definition) is 4. The number of alkyl halides is 6. The number of H-pyrrole nitrogens is 1. The zero-order valence-corrected chi connectivity index (χ0v) is 16.8. The van der Waals surface area contributed by atoms with Gasteiger partial charge in [0.15, 0.2) is 0 Å². The fraction of sp³-hybridized carbons (Fsp3) is 0.286. The number of para-hydroxylation sites is 1. The number of halogens is 6. The third kappa shape index (κ3) is 4.64. The van der Waals surface area contributed by atoms with Gasteiger partial charge in [-0.25, -0.2) is 4.98 Å². The van der Waals surface area contributed by atoms with Crippen LogP contribution in [0.25, 0.3) is 10.9 Å². The number of carbonyl (C=O) groups excluding carboxylic acids is 1. The summed E-state index contributed by atoms with van der Waals surface area (Å²) >= 11 is 0. The first-order valence-corrected chi connectivity index (χ1v) is 9.76. The zero-order valence-electron chi connectivity index (χ0n) is 16.8. The molecule has 4 rings (SSSR count). The van der Waals surface area contributed by atoms with Gasteiger partial charge in [-0.3, -0.25) is 14.6 Å². The second kappa shape index (κ2) is 8.09. The maximum atomic E-state index is 13.1. The van der Waals surface area contributed by atoms with E-state index in [1.807, 2.05) is 0 Å². The molecule has 0 spiro atoms. The number of hydrogen-bond donors (Lipinski definition) is 1. The summed E-state index contributed by atoms with van der Waals surface area (Å²) in [4.78, 5) is 34.9. The van der Waals surface area contributed by atoms with E-state index in [-0.39, 0.29) is 43.8 Å². The molecular weight excluding hydrogens is 454 g/mol. The Morgan fingerprint density at radius 1 is 0.879 bits per heavy atom. The number of benzene rings is 2. The zero-order chi connectivity index (χ0) is 24.0. The number of fused-ring (bicyclic) bond motifs is 1. The van der Waals surface area contributed by atoms with Crippen LogP contribution in [0.5, 0.6) is 0 Å². The topological polar surface area (TPSA) is 69.3 Å². The first-order valence-electron chi connectivity index (χ1n) is 9.76. The lowest BCUT2D eigenvalue weighted by Gasteiger charge is -2.35. The van der Waals surface area contributed by atoms with E-state index < -0.39 is 35.0 Å². The molecule has 1 aliphatic rings. The van der Waals surface area contributed by atoms with Crippen molar-refractivity contribution in [1.29, 1.82) is 0 Å². The van der Waals surface area contributed by atoms with Crippen molar-refractivity contribution in [2.75, 3.05) is 31.1 Å². The summed E-state index contributed by atoms with van der Waals surface area (Å²) in [6, 6.07) is 7.53. The average Bonchev–Trinajstić information content (AvgIpc) is 2.77. The van der Waals surface area contributed by atoms with Crippen LogP contribution in [0.1, 0.15) is 21.5 Å². The predicted octanol–water partition coefficient (Wildman–Crippen LogP) is 3.92. The number of carbonyl (C=O) groups is 1. The number of amides is 1. The van der Waals surface area contributed by atoms with Gasteiger partial charge in [0.2, 0.25) is 5.95 Å². The predicted molar refractivity (Wildman–Crippen MR) is 107 cm³/mol. The Labute approximate surface area is 182 Å². The highest BCUT2D eigenvalue weighted by atomic mass is 19.4. The third-order valence-corrected chi connectivity index (χ3v) is 5.30. The lowest BCUT2D eigenvalue weighted by molar-refractivity contribution is -0.143. The van der Waals surface area contributed by atoms with Crippen LogP contribution in [-0.2, 0) is 12.4 Å². The molecule has 1 aliphatic heterocycles. The molecule has 1 N–H and O–H groups in total. The molecule has 3 aromatic rings. The highest BCUT2D eigenvalue weighted by Crippen LogP contribution is 2.36. The summed E-state index contributed by atoms with van der Waals surface area (Å²) in [5.74, 6) is -0.671. The third-order valence-electron chi connectivity index (χ3n) is 5.30. The molecule has 1 saturated heterocycles. The van der Waals surface area contributed by atoms with Crippen LogP contribution in [0.15, 0.2) is 47.3 Å². The van der Waals surface area contributed by atoms with Crippen LogP contribution in [0, 0.1) is 0 Å². The van der Waals surface area contributed by atoms with Crippen molar-refractivity contribution >= 4 is 22.8 Å². The average molecular weight is 470 g/mol. The Kier molecular flexibility index (Phi) is 5.54. The molecule has 1 aromatic heterocycles. The Bertz CT molecular complexity index is 1230. The van der Waals surface area contributed by atoms with E-state index in [2.05, 4.69) is 9.97 Å². The number of aromatic nitrogens is 2. The molecule has 0 bridgehead atoms. The highest BCUT2D eigenvalue weighted by molar-refractivity contribution is 5.95. The van der Waals surface area contributed by atoms with Gasteiger partial charge >= 0.3 is 12.4 Å². The van der Waals surface area contributed by atoms with E-state index >= 15 is 0 Å². The Balaban J connectivity index is 1.55. The summed E-state index contributed by atoms with van der Waals surface area (Å²) in [7, 11) is 0. The van der Waals surface area contributed by atoms with E-state index in [0.29, 0.717) is 23.0 Å². The molecule has 2 heterocycles. The first kappa shape index (κ1) is 22.6. The van der Waals surface area contributed by atoms with Crippen LogP contribution >= 0.6 is 0 Å². The molecular formula is C21H16F6N4O2. The van der Waals surface area contributed by atoms with Crippen molar-refractivity contribution in [1.82, 2.24) is 14.9 Å². The molecule has 0 saturated carbocycles. The van der Waals surface area contributed by atoms with Crippen molar-refractivity contribution in [2.45, 2.75) is 12.4 Å². The number of aromatic amines is 1. The van der Waals surface area contributed by atoms with Crippen LogP contribution in [0.2, 0.25) is 0 Å². The normalized spacial score (nSPS) is 15.2. The molecule has 0 aliphatic carbocycles. The van der Waals surface area contributed by atoms with Gasteiger partial charge < -0.3 is 9.80 Å². The molecule has 174 valence electrons. The molecule has 1 fully saturated rings. The number of rotatable bonds is 2.